The SMILES string of the molecule is CC(C)Cn1cnc2c1C(C(=O)O)CN(C(=O)c1cscn1)C2. The van der Waals surface area contributed by atoms with Crippen LogP contribution in [0.2, 0.25) is 0 Å². The third-order valence-electron chi connectivity index (χ3n) is 3.83. The lowest BCUT2D eigenvalue weighted by atomic mass is 9.97. The molecule has 1 aliphatic rings. The highest BCUT2D eigenvalue weighted by Gasteiger charge is 2.36. The zero-order valence-corrected chi connectivity index (χ0v) is 13.8. The summed E-state index contributed by atoms with van der Waals surface area (Å²) in [6, 6.07) is 0. The van der Waals surface area contributed by atoms with Crippen molar-refractivity contribution >= 4 is 23.2 Å². The first-order valence-corrected chi connectivity index (χ1v) is 8.35. The number of carbonyl (C=O) groups excluding carboxylic acids is 1. The van der Waals surface area contributed by atoms with E-state index in [9.17, 15) is 14.7 Å². The molecule has 3 heterocycles. The topological polar surface area (TPSA) is 88.3 Å². The van der Waals surface area contributed by atoms with Crippen LogP contribution >= 0.6 is 11.3 Å². The first-order valence-electron chi connectivity index (χ1n) is 7.41. The normalized spacial score (nSPS) is 17.3. The number of thiazole rings is 1. The molecule has 1 N–H and O–H groups in total. The lowest BCUT2D eigenvalue weighted by Crippen LogP contribution is -2.41. The number of amides is 1. The van der Waals surface area contributed by atoms with Crippen molar-refractivity contribution in [3.63, 3.8) is 0 Å². The van der Waals surface area contributed by atoms with Crippen LogP contribution in [0, 0.1) is 5.92 Å². The average Bonchev–Trinajstić information content (AvgIpc) is 3.15. The minimum absolute atomic E-state index is 0.141. The molecule has 0 aromatic carbocycles. The summed E-state index contributed by atoms with van der Waals surface area (Å²) in [5, 5.41) is 11.3. The summed E-state index contributed by atoms with van der Waals surface area (Å²) in [5.41, 5.74) is 3.32. The van der Waals surface area contributed by atoms with Crippen molar-refractivity contribution in [1.29, 1.82) is 0 Å². The van der Waals surface area contributed by atoms with Crippen LogP contribution in [0.1, 0.15) is 41.6 Å². The Labute approximate surface area is 137 Å². The van der Waals surface area contributed by atoms with Crippen molar-refractivity contribution in [2.24, 2.45) is 5.92 Å². The van der Waals surface area contributed by atoms with Gasteiger partial charge in [-0.15, -0.1) is 11.3 Å². The number of hydrogen-bond acceptors (Lipinski definition) is 5. The van der Waals surface area contributed by atoms with E-state index in [0.29, 0.717) is 36.1 Å². The summed E-state index contributed by atoms with van der Waals surface area (Å²) in [4.78, 5) is 34.1. The molecule has 1 aliphatic heterocycles. The fourth-order valence-electron chi connectivity index (χ4n) is 2.88. The maximum atomic E-state index is 12.5. The van der Waals surface area contributed by atoms with Crippen LogP contribution in [0.4, 0.5) is 0 Å². The molecule has 3 rings (SSSR count). The first-order chi connectivity index (χ1) is 11.0. The minimum atomic E-state index is -0.937. The highest BCUT2D eigenvalue weighted by atomic mass is 32.1. The molecule has 23 heavy (non-hydrogen) atoms. The number of rotatable bonds is 4. The Bertz CT molecular complexity index is 723. The van der Waals surface area contributed by atoms with Gasteiger partial charge in [0, 0.05) is 18.5 Å². The fraction of sp³-hybridized carbons (Fsp3) is 0.467. The molecule has 7 nitrogen and oxygen atoms in total. The predicted octanol–water partition coefficient (Wildman–Crippen LogP) is 1.82. The van der Waals surface area contributed by atoms with Gasteiger partial charge >= 0.3 is 5.97 Å². The molecule has 0 fully saturated rings. The van der Waals surface area contributed by atoms with Crippen LogP contribution in [-0.2, 0) is 17.9 Å². The number of carboxylic acid groups (broad SMARTS) is 1. The van der Waals surface area contributed by atoms with Crippen LogP contribution in [0.3, 0.4) is 0 Å². The van der Waals surface area contributed by atoms with E-state index in [4.69, 9.17) is 0 Å². The number of nitrogens with zero attached hydrogens (tertiary/aromatic N) is 4. The van der Waals surface area contributed by atoms with E-state index < -0.39 is 11.9 Å². The molecule has 1 atom stereocenters. The van der Waals surface area contributed by atoms with Crippen molar-refractivity contribution in [3.05, 3.63) is 34.3 Å². The van der Waals surface area contributed by atoms with E-state index in [0.717, 1.165) is 0 Å². The van der Waals surface area contributed by atoms with Gasteiger partial charge in [0.2, 0.25) is 0 Å². The van der Waals surface area contributed by atoms with Crippen molar-refractivity contribution in [2.75, 3.05) is 6.54 Å². The molecule has 0 saturated carbocycles. The molecule has 2 aromatic heterocycles. The number of carboxylic acids is 1. The molecule has 0 aliphatic carbocycles. The van der Waals surface area contributed by atoms with Gasteiger partial charge in [0.25, 0.3) is 5.91 Å². The van der Waals surface area contributed by atoms with E-state index >= 15 is 0 Å². The number of aromatic nitrogens is 3. The van der Waals surface area contributed by atoms with Crippen LogP contribution in [0.5, 0.6) is 0 Å². The monoisotopic (exact) mass is 334 g/mol. The highest BCUT2D eigenvalue weighted by Crippen LogP contribution is 2.29. The van der Waals surface area contributed by atoms with Crippen LogP contribution in [-0.4, -0.2) is 43.0 Å². The molecule has 0 bridgehead atoms. The molecule has 8 heteroatoms. The van der Waals surface area contributed by atoms with Gasteiger partial charge in [-0.1, -0.05) is 13.8 Å². The second-order valence-electron chi connectivity index (χ2n) is 6.07. The summed E-state index contributed by atoms with van der Waals surface area (Å²) in [7, 11) is 0. The Morgan fingerprint density at radius 3 is 2.83 bits per heavy atom. The molecule has 122 valence electrons. The van der Waals surface area contributed by atoms with Crippen molar-refractivity contribution < 1.29 is 14.7 Å². The van der Waals surface area contributed by atoms with Gasteiger partial charge in [0.1, 0.15) is 11.6 Å². The van der Waals surface area contributed by atoms with Gasteiger partial charge in [-0.2, -0.15) is 0 Å². The summed E-state index contributed by atoms with van der Waals surface area (Å²) < 4.78 is 1.91. The van der Waals surface area contributed by atoms with E-state index in [1.807, 2.05) is 4.57 Å². The molecule has 1 unspecified atom stereocenters. The number of aliphatic carboxylic acids is 1. The maximum Gasteiger partial charge on any atom is 0.314 e. The maximum absolute atomic E-state index is 12.5. The fourth-order valence-corrected chi connectivity index (χ4v) is 3.40. The summed E-state index contributed by atoms with van der Waals surface area (Å²) in [5.74, 6) is -1.56. The average molecular weight is 334 g/mol. The number of hydrogen-bond donors (Lipinski definition) is 1. The predicted molar refractivity (Wildman–Crippen MR) is 84.3 cm³/mol. The minimum Gasteiger partial charge on any atom is -0.481 e. The Balaban J connectivity index is 1.93. The summed E-state index contributed by atoms with van der Waals surface area (Å²) in [6.07, 6.45) is 1.68. The zero-order chi connectivity index (χ0) is 16.6. The van der Waals surface area contributed by atoms with Gasteiger partial charge in [0.15, 0.2) is 0 Å². The van der Waals surface area contributed by atoms with E-state index in [1.54, 1.807) is 17.2 Å². The lowest BCUT2D eigenvalue weighted by molar-refractivity contribution is -0.139. The standard InChI is InChI=1S/C15H18N4O3S/c1-9(2)3-19-7-16-11-5-18(4-10(13(11)19)15(21)22)14(20)12-6-23-8-17-12/h6-10H,3-5H2,1-2H3,(H,21,22). The van der Waals surface area contributed by atoms with Gasteiger partial charge in [-0.05, 0) is 5.92 Å². The Hall–Kier alpha value is -2.22. The van der Waals surface area contributed by atoms with Crippen molar-refractivity contribution in [2.45, 2.75) is 32.9 Å². The Morgan fingerprint density at radius 1 is 1.43 bits per heavy atom. The molecule has 2 aromatic rings. The summed E-state index contributed by atoms with van der Waals surface area (Å²) >= 11 is 1.34. The lowest BCUT2D eigenvalue weighted by Gasteiger charge is -2.31. The van der Waals surface area contributed by atoms with Crippen LogP contribution in [0.25, 0.3) is 0 Å². The largest absolute Gasteiger partial charge is 0.481 e. The third kappa shape index (κ3) is 2.98. The van der Waals surface area contributed by atoms with Crippen LogP contribution in [0.15, 0.2) is 17.2 Å². The molecule has 1 amide bonds. The first kappa shape index (κ1) is 15.7. The molecular formula is C15H18N4O3S. The van der Waals surface area contributed by atoms with E-state index in [1.165, 1.54) is 16.2 Å². The second kappa shape index (κ2) is 6.11. The third-order valence-corrected chi connectivity index (χ3v) is 4.42. The van der Waals surface area contributed by atoms with Gasteiger partial charge in [-0.3, -0.25) is 9.59 Å². The van der Waals surface area contributed by atoms with Gasteiger partial charge in [0.05, 0.1) is 29.8 Å². The smallest absolute Gasteiger partial charge is 0.314 e. The molecule has 0 spiro atoms. The van der Waals surface area contributed by atoms with Crippen LogP contribution < -0.4 is 0 Å². The number of carbonyl (C=O) groups is 2. The van der Waals surface area contributed by atoms with Crippen molar-refractivity contribution in [1.82, 2.24) is 19.4 Å². The number of imidazole rings is 1. The van der Waals surface area contributed by atoms with E-state index in [-0.39, 0.29) is 12.5 Å². The van der Waals surface area contributed by atoms with Crippen molar-refractivity contribution in [3.8, 4) is 0 Å². The Kier molecular flexibility index (Phi) is 4.16. The highest BCUT2D eigenvalue weighted by molar-refractivity contribution is 7.07. The molecule has 0 saturated heterocycles. The quantitative estimate of drug-likeness (QED) is 0.921. The van der Waals surface area contributed by atoms with E-state index in [2.05, 4.69) is 23.8 Å². The zero-order valence-electron chi connectivity index (χ0n) is 13.0. The van der Waals surface area contributed by atoms with Gasteiger partial charge in [-0.25, -0.2) is 9.97 Å². The van der Waals surface area contributed by atoms with Gasteiger partial charge < -0.3 is 14.6 Å². The number of fused-ring (bicyclic) bond motifs is 1. The summed E-state index contributed by atoms with van der Waals surface area (Å²) in [6.45, 7) is 5.32. The molecule has 0 radical (unpaired) electrons. The Morgan fingerprint density at radius 2 is 2.22 bits per heavy atom. The second-order valence-corrected chi connectivity index (χ2v) is 6.79. The molecular weight excluding hydrogens is 316 g/mol.